The third-order valence-corrected chi connectivity index (χ3v) is 10.1. The molecular formula is C43H53Cl2F9N6O5. The minimum Gasteiger partial charge on any atom is -0.444 e. The molecule has 2 unspecified atom stereocenters. The Hall–Kier alpha value is -4.69. The maximum atomic E-state index is 13.3. The summed E-state index contributed by atoms with van der Waals surface area (Å²) in [6, 6.07) is 13.0. The van der Waals surface area contributed by atoms with Gasteiger partial charge >= 0.3 is 24.6 Å². The second-order valence-electron chi connectivity index (χ2n) is 16.2. The first kappa shape index (κ1) is 52.9. The number of nitrogens with one attached hydrogen (secondary N) is 3. The quantitative estimate of drug-likeness (QED) is 0.119. The zero-order valence-corrected chi connectivity index (χ0v) is 37.6. The number of amides is 3. The monoisotopic (exact) mass is 975 g/mol. The van der Waals surface area contributed by atoms with Gasteiger partial charge in [0.15, 0.2) is 0 Å². The van der Waals surface area contributed by atoms with Gasteiger partial charge < -0.3 is 34.7 Å². The number of ether oxygens (including phenoxy) is 1. The number of benzene rings is 2. The summed E-state index contributed by atoms with van der Waals surface area (Å²) in [5.41, 5.74) is 0.815. The van der Waals surface area contributed by atoms with Crippen LogP contribution in [-0.4, -0.2) is 125 Å². The molecule has 362 valence electrons. The van der Waals surface area contributed by atoms with E-state index in [-0.39, 0.29) is 42.9 Å². The first-order chi connectivity index (χ1) is 30.6. The Bertz CT molecular complexity index is 2210. The number of aromatic nitrogens is 2. The minimum absolute atomic E-state index is 0.0267. The number of fused-ring (bicyclic) bond motifs is 2. The molecule has 2 fully saturated rings. The molecule has 6 rings (SSSR count). The number of alkyl halides is 9. The van der Waals surface area contributed by atoms with Crippen molar-refractivity contribution in [1.29, 1.82) is 0 Å². The first-order valence-electron chi connectivity index (χ1n) is 21.1. The molecule has 0 saturated carbocycles. The number of aldehydes is 1. The zero-order chi connectivity index (χ0) is 49.6. The molecular weight excluding hydrogens is 922 g/mol. The average molecular weight is 977 g/mol. The molecule has 3 N–H and O–H groups in total. The van der Waals surface area contributed by atoms with Gasteiger partial charge in [-0.2, -0.15) is 39.5 Å². The molecule has 22 heteroatoms. The van der Waals surface area contributed by atoms with E-state index in [1.165, 1.54) is 11.0 Å². The molecule has 3 amide bonds. The van der Waals surface area contributed by atoms with Gasteiger partial charge in [-0.3, -0.25) is 14.4 Å². The predicted octanol–water partition coefficient (Wildman–Crippen LogP) is 11.1. The summed E-state index contributed by atoms with van der Waals surface area (Å²) in [6.07, 6.45) is -12.2. The Balaban J connectivity index is 0.000000302. The van der Waals surface area contributed by atoms with Crippen LogP contribution in [0.15, 0.2) is 48.5 Å². The number of piperidine rings is 2. The number of aromatic amines is 2. The van der Waals surface area contributed by atoms with E-state index in [2.05, 4.69) is 15.3 Å². The maximum Gasteiger partial charge on any atom is 0.446 e. The van der Waals surface area contributed by atoms with Crippen LogP contribution in [0.3, 0.4) is 0 Å². The summed E-state index contributed by atoms with van der Waals surface area (Å²) >= 11 is 11.9. The van der Waals surface area contributed by atoms with Gasteiger partial charge in [-0.15, -0.1) is 0 Å². The molecule has 11 nitrogen and oxygen atoms in total. The van der Waals surface area contributed by atoms with Crippen LogP contribution in [0.5, 0.6) is 0 Å². The molecule has 2 aliphatic heterocycles. The molecule has 0 bridgehead atoms. The number of hydrogen-bond acceptors (Lipinski definition) is 6. The van der Waals surface area contributed by atoms with E-state index in [1.54, 1.807) is 70.2 Å². The van der Waals surface area contributed by atoms with E-state index in [1.807, 2.05) is 0 Å². The van der Waals surface area contributed by atoms with E-state index in [0.717, 1.165) is 29.2 Å². The van der Waals surface area contributed by atoms with Gasteiger partial charge in [0.1, 0.15) is 30.1 Å². The number of halogens is 11. The molecule has 0 radical (unpaired) electrons. The maximum absolute atomic E-state index is 13.3. The normalized spacial score (nSPS) is 17.0. The van der Waals surface area contributed by atoms with E-state index in [0.29, 0.717) is 64.7 Å². The third kappa shape index (κ3) is 19.0. The predicted molar refractivity (Wildman–Crippen MR) is 230 cm³/mol. The second kappa shape index (κ2) is 23.7. The summed E-state index contributed by atoms with van der Waals surface area (Å²) in [4.78, 5) is 55.8. The number of carbonyl (C=O) groups is 4. The number of hydrogen-bond donors (Lipinski definition) is 3. The highest BCUT2D eigenvalue weighted by Crippen LogP contribution is 2.28. The average Bonchev–Trinajstić information content (AvgIpc) is 3.83. The van der Waals surface area contributed by atoms with Crippen molar-refractivity contribution in [2.75, 3.05) is 52.4 Å². The molecule has 2 atom stereocenters. The second-order valence-corrected chi connectivity index (χ2v) is 17.1. The number of carbonyl (C=O) groups excluding carboxylic acids is 4. The van der Waals surface area contributed by atoms with Crippen molar-refractivity contribution in [2.24, 2.45) is 11.8 Å². The van der Waals surface area contributed by atoms with Gasteiger partial charge in [-0.25, -0.2) is 4.79 Å². The van der Waals surface area contributed by atoms with Gasteiger partial charge in [0, 0.05) is 59.4 Å². The van der Waals surface area contributed by atoms with Crippen LogP contribution >= 0.6 is 23.2 Å². The van der Waals surface area contributed by atoms with Crippen molar-refractivity contribution >= 4 is 69.2 Å². The molecule has 0 aliphatic carbocycles. The van der Waals surface area contributed by atoms with E-state index in [4.69, 9.17) is 34.1 Å². The summed E-state index contributed by atoms with van der Waals surface area (Å²) in [5.74, 6) is -1.65. The Morgan fingerprint density at radius 1 is 0.785 bits per heavy atom. The van der Waals surface area contributed by atoms with Gasteiger partial charge in [-0.1, -0.05) is 37.0 Å². The number of nitrogens with zero attached hydrogens (tertiary/aromatic N) is 3. The highest BCUT2D eigenvalue weighted by atomic mass is 35.5. The van der Waals surface area contributed by atoms with Crippen molar-refractivity contribution in [2.45, 2.75) is 84.4 Å². The molecule has 4 aromatic rings. The largest absolute Gasteiger partial charge is 0.446 e. The topological polar surface area (TPSA) is 131 Å². The van der Waals surface area contributed by atoms with Crippen LogP contribution in [-0.2, 0) is 9.53 Å². The van der Waals surface area contributed by atoms with Crippen LogP contribution < -0.4 is 5.32 Å². The molecule has 2 saturated heterocycles. The van der Waals surface area contributed by atoms with Crippen LogP contribution in [0.4, 0.5) is 44.3 Å². The third-order valence-electron chi connectivity index (χ3n) is 9.60. The SMILES string of the molecule is CC(C)(C)OC(=O)N1CCCC(CN(CC(F)(F)F)C(=O)c2cc3cc(Cl)ccc3[nH]2)C1.O=C(c1cc2cc(Cl)ccc2[nH]1)N(CC1CCCNC1)CC(F)(F)F.O=CC(F)(F)F.[2H]CC. The van der Waals surface area contributed by atoms with Crippen molar-refractivity contribution in [3.8, 4) is 0 Å². The lowest BCUT2D eigenvalue weighted by Crippen LogP contribution is -2.48. The molecule has 2 aromatic heterocycles. The molecule has 2 aromatic carbocycles. The summed E-state index contributed by atoms with van der Waals surface area (Å²) in [5, 5.41) is 5.47. The molecule has 4 heterocycles. The molecule has 65 heavy (non-hydrogen) atoms. The number of H-pyrrole nitrogens is 2. The lowest BCUT2D eigenvalue weighted by molar-refractivity contribution is -0.156. The Morgan fingerprint density at radius 2 is 1.23 bits per heavy atom. The fourth-order valence-electron chi connectivity index (χ4n) is 7.06. The fraction of sp³-hybridized carbons (Fsp3) is 0.535. The van der Waals surface area contributed by atoms with Crippen LogP contribution in [0, 0.1) is 11.8 Å². The Morgan fingerprint density at radius 3 is 1.63 bits per heavy atom. The van der Waals surface area contributed by atoms with Crippen molar-refractivity contribution in [3.05, 3.63) is 70.0 Å². The summed E-state index contributed by atoms with van der Waals surface area (Å²) in [7, 11) is 0. The van der Waals surface area contributed by atoms with Crippen molar-refractivity contribution in [3.63, 3.8) is 0 Å². The van der Waals surface area contributed by atoms with E-state index >= 15 is 0 Å². The lowest BCUT2D eigenvalue weighted by Gasteiger charge is -2.36. The van der Waals surface area contributed by atoms with Gasteiger partial charge in [0.05, 0.1) is 0 Å². The first-order valence-corrected chi connectivity index (χ1v) is 21.1. The number of likely N-dealkylation sites (tertiary alicyclic amines) is 1. The standard InChI is InChI=1S/C22H27ClF3N3O3.C17H19ClF3N3O.C2HF3O.C2H6/c1-21(2,3)32-20(31)28-8-4-5-14(11-28)12-29(13-22(24,25)26)19(30)18-10-15-9-16(23)6-7-17(15)27-18;18-13-3-4-14-12(6-13)7-15(23-14)16(25)24(10-17(19,20)21)9-11-2-1-5-22-8-11;3-2(4,5)1-6;1-2/h6-7,9-10,14,27H,4-5,8,11-13H2,1-3H3;3-4,6-7,11,22-23H,1-2,5,8-10H2;1H;1-2H3/i;;;1D. The van der Waals surface area contributed by atoms with Gasteiger partial charge in [0.25, 0.3) is 11.8 Å². The van der Waals surface area contributed by atoms with Crippen LogP contribution in [0.25, 0.3) is 21.8 Å². The molecule has 0 spiro atoms. The van der Waals surface area contributed by atoms with Crippen molar-refractivity contribution < 1.29 is 64.8 Å². The zero-order valence-electron chi connectivity index (χ0n) is 37.1. The summed E-state index contributed by atoms with van der Waals surface area (Å²) < 4.78 is 122. The smallest absolute Gasteiger partial charge is 0.444 e. The van der Waals surface area contributed by atoms with Gasteiger partial charge in [0.2, 0.25) is 6.29 Å². The fourth-order valence-corrected chi connectivity index (χ4v) is 7.42. The number of rotatable bonds is 8. The Labute approximate surface area is 381 Å². The van der Waals surface area contributed by atoms with Crippen LogP contribution in [0.1, 0.15) is 82.6 Å². The van der Waals surface area contributed by atoms with Crippen LogP contribution in [0.2, 0.25) is 10.0 Å². The summed E-state index contributed by atoms with van der Waals surface area (Å²) in [6.45, 7) is 7.10. The van der Waals surface area contributed by atoms with Gasteiger partial charge in [-0.05, 0) is 120 Å². The Kier molecular flexibility index (Phi) is 19.3. The minimum atomic E-state index is -4.64. The van der Waals surface area contributed by atoms with E-state index < -0.39 is 61.4 Å². The van der Waals surface area contributed by atoms with E-state index in [9.17, 15) is 53.9 Å². The molecule has 2 aliphatic rings. The highest BCUT2D eigenvalue weighted by molar-refractivity contribution is 6.31. The lowest BCUT2D eigenvalue weighted by atomic mass is 9.97. The van der Waals surface area contributed by atoms with Crippen molar-refractivity contribution in [1.82, 2.24) is 30.0 Å². The highest BCUT2D eigenvalue weighted by Gasteiger charge is 2.37.